The van der Waals surface area contributed by atoms with Gasteiger partial charge in [0, 0.05) is 10.7 Å². The second-order valence-corrected chi connectivity index (χ2v) is 5.40. The molecule has 0 aromatic carbocycles. The Morgan fingerprint density at radius 2 is 0.786 bits per heavy atom. The summed E-state index contributed by atoms with van der Waals surface area (Å²) in [7, 11) is 0. The van der Waals surface area contributed by atoms with E-state index < -0.39 is 21.8 Å². The summed E-state index contributed by atoms with van der Waals surface area (Å²) < 4.78 is 50.4. The monoisotopic (exact) mass is 206 g/mol. The molecule has 6 heteroatoms. The molecule has 0 spiro atoms. The van der Waals surface area contributed by atoms with Gasteiger partial charge in [-0.15, -0.1) is 17.9 Å². The molecule has 6 saturated carbocycles. The molecule has 6 aliphatic carbocycles. The summed E-state index contributed by atoms with van der Waals surface area (Å²) in [5.74, 6) is -0.714. The zero-order valence-corrected chi connectivity index (χ0v) is 6.87. The minimum Gasteiger partial charge on any atom is -0.101 e. The van der Waals surface area contributed by atoms with Crippen molar-refractivity contribution in [2.75, 3.05) is 0 Å². The highest BCUT2D eigenvalue weighted by atomic mass is 19.4. The maximum atomic E-state index is 12.6. The Kier molecular flexibility index (Phi) is 0.674. The largest absolute Gasteiger partial charge is 0.101 e. The van der Waals surface area contributed by atoms with E-state index in [1.165, 1.54) is 0 Å². The zero-order chi connectivity index (χ0) is 9.62. The van der Waals surface area contributed by atoms with Gasteiger partial charge in [-0.1, -0.05) is 0 Å². The lowest BCUT2D eigenvalue weighted by molar-refractivity contribution is -0.678. The van der Waals surface area contributed by atoms with Gasteiger partial charge in [0.05, 0.1) is 11.1 Å². The molecule has 0 aliphatic heterocycles. The number of halogens is 4. The maximum absolute atomic E-state index is 12.6. The molecular formula is C8H6F4N2. The van der Waals surface area contributed by atoms with E-state index in [1.807, 2.05) is 0 Å². The van der Waals surface area contributed by atoms with Gasteiger partial charge in [-0.25, -0.2) is 0 Å². The maximum Gasteiger partial charge on any atom is 0.0944 e. The third-order valence-electron chi connectivity index (χ3n) is 6.11. The van der Waals surface area contributed by atoms with Crippen LogP contribution in [0.3, 0.4) is 0 Å². The molecule has 6 aliphatic rings. The first-order chi connectivity index (χ1) is 6.62. The van der Waals surface area contributed by atoms with E-state index in [4.69, 9.17) is 0 Å². The average molecular weight is 206 g/mol. The van der Waals surface area contributed by atoms with E-state index in [-0.39, 0.29) is 35.5 Å². The summed E-state index contributed by atoms with van der Waals surface area (Å²) in [5.41, 5.74) is -1.87. The first kappa shape index (κ1) is 7.00. The van der Waals surface area contributed by atoms with Gasteiger partial charge in [0.25, 0.3) is 0 Å². The minimum absolute atomic E-state index is 0.119. The predicted octanol–water partition coefficient (Wildman–Crippen LogP) is 1.37. The van der Waals surface area contributed by atoms with Crippen molar-refractivity contribution >= 4 is 0 Å². The van der Waals surface area contributed by atoms with Gasteiger partial charge in [0.2, 0.25) is 0 Å². The van der Waals surface area contributed by atoms with Gasteiger partial charge in [-0.05, 0) is 35.5 Å². The van der Waals surface area contributed by atoms with Crippen molar-refractivity contribution in [2.24, 2.45) is 35.5 Å². The third kappa shape index (κ3) is 0.257. The van der Waals surface area contributed by atoms with Crippen molar-refractivity contribution in [2.45, 2.75) is 11.1 Å². The van der Waals surface area contributed by atoms with Gasteiger partial charge in [0.15, 0.2) is 0 Å². The summed E-state index contributed by atoms with van der Waals surface area (Å²) in [4.78, 5) is 0. The van der Waals surface area contributed by atoms with Crippen LogP contribution < -0.4 is 0 Å². The number of nitrogens with zero attached hydrogens (tertiary/aromatic N) is 2. The smallest absolute Gasteiger partial charge is 0.0944 e. The number of hydrogen-bond donors (Lipinski definition) is 0. The minimum atomic E-state index is -0.933. The summed E-state index contributed by atoms with van der Waals surface area (Å²) in [5, 5.41) is -1.36. The van der Waals surface area contributed by atoms with E-state index >= 15 is 0 Å². The van der Waals surface area contributed by atoms with Gasteiger partial charge < -0.3 is 0 Å². The topological polar surface area (TPSA) is 6.48 Å². The Morgan fingerprint density at radius 3 is 0.929 bits per heavy atom. The molecule has 14 heavy (non-hydrogen) atoms. The van der Waals surface area contributed by atoms with Crippen LogP contribution in [0.2, 0.25) is 0 Å². The second-order valence-electron chi connectivity index (χ2n) is 5.40. The normalized spacial score (nSPS) is 78.4. The van der Waals surface area contributed by atoms with Crippen LogP contribution >= 0.6 is 0 Å². The molecule has 6 rings (SSSR count). The molecule has 0 radical (unpaired) electrons. The molecule has 0 aromatic heterocycles. The molecule has 0 N–H and O–H groups in total. The zero-order valence-electron chi connectivity index (χ0n) is 6.87. The van der Waals surface area contributed by atoms with Crippen LogP contribution in [-0.4, -0.2) is 21.8 Å². The summed E-state index contributed by atoms with van der Waals surface area (Å²) >= 11 is 0. The fourth-order valence-electron chi connectivity index (χ4n) is 6.09. The first-order valence-corrected chi connectivity index (χ1v) is 4.86. The summed E-state index contributed by atoms with van der Waals surface area (Å²) in [6.45, 7) is 0. The van der Waals surface area contributed by atoms with Crippen molar-refractivity contribution in [1.29, 1.82) is 0 Å². The quantitative estimate of drug-likeness (QED) is 0.497. The SMILES string of the molecule is FN(F)C12C3C4C1C1C2C3C41N(F)F. The Bertz CT molecular complexity index is 292. The Morgan fingerprint density at radius 1 is 0.571 bits per heavy atom. The van der Waals surface area contributed by atoms with Crippen LogP contribution in [0.15, 0.2) is 0 Å². The third-order valence-corrected chi connectivity index (χ3v) is 6.11. The van der Waals surface area contributed by atoms with E-state index in [1.54, 1.807) is 0 Å². The lowest BCUT2D eigenvalue weighted by atomic mass is 8.96. The van der Waals surface area contributed by atoms with Gasteiger partial charge in [0.1, 0.15) is 0 Å². The highest BCUT2D eigenvalue weighted by molar-refractivity contribution is 5.61. The van der Waals surface area contributed by atoms with Gasteiger partial charge in [-0.3, -0.25) is 0 Å². The summed E-state index contributed by atoms with van der Waals surface area (Å²) in [6, 6.07) is 0. The molecule has 0 aromatic rings. The molecule has 0 atom stereocenters. The Labute approximate surface area is 76.2 Å². The molecule has 0 unspecified atom stereocenters. The van der Waals surface area contributed by atoms with Crippen LogP contribution in [0.1, 0.15) is 0 Å². The molecule has 76 valence electrons. The first-order valence-electron chi connectivity index (χ1n) is 4.86. The average Bonchev–Trinajstić information content (AvgIpc) is 2.16. The highest BCUT2D eigenvalue weighted by Crippen LogP contribution is 3.05. The van der Waals surface area contributed by atoms with Gasteiger partial charge in [-0.2, -0.15) is 0 Å². The molecule has 0 heterocycles. The second kappa shape index (κ2) is 1.35. The van der Waals surface area contributed by atoms with E-state index in [2.05, 4.69) is 0 Å². The lowest BCUT2D eigenvalue weighted by Gasteiger charge is -3.09. The van der Waals surface area contributed by atoms with E-state index in [9.17, 15) is 17.9 Å². The van der Waals surface area contributed by atoms with Crippen LogP contribution in [-0.2, 0) is 0 Å². The molecule has 6 fully saturated rings. The van der Waals surface area contributed by atoms with Crippen LogP contribution in [0, 0.1) is 35.5 Å². The van der Waals surface area contributed by atoms with Crippen molar-refractivity contribution in [3.8, 4) is 0 Å². The van der Waals surface area contributed by atoms with Crippen LogP contribution in [0.25, 0.3) is 0 Å². The van der Waals surface area contributed by atoms with E-state index in [0.29, 0.717) is 0 Å². The van der Waals surface area contributed by atoms with Crippen molar-refractivity contribution in [1.82, 2.24) is 10.7 Å². The molecule has 2 nitrogen and oxygen atoms in total. The Balaban J connectivity index is 1.60. The lowest BCUT2D eigenvalue weighted by Crippen LogP contribution is -3.18. The Hall–Kier alpha value is -0.360. The van der Waals surface area contributed by atoms with Crippen molar-refractivity contribution < 1.29 is 17.9 Å². The van der Waals surface area contributed by atoms with Crippen LogP contribution in [0.5, 0.6) is 0 Å². The number of rotatable bonds is 2. The predicted molar refractivity (Wildman–Crippen MR) is 34.5 cm³/mol. The number of hydrogen-bond acceptors (Lipinski definition) is 2. The van der Waals surface area contributed by atoms with E-state index in [0.717, 1.165) is 0 Å². The highest BCUT2D eigenvalue weighted by Gasteiger charge is 3.14. The molecular weight excluding hydrogens is 200 g/mol. The standard InChI is InChI=1S/C8H6F4N2/c9-13(10)7-1-2-4(7)6-5(7)3(1)8(2,6)14(11)12/h1-6H. The van der Waals surface area contributed by atoms with Crippen molar-refractivity contribution in [3.63, 3.8) is 0 Å². The van der Waals surface area contributed by atoms with Crippen LogP contribution in [0.4, 0.5) is 17.9 Å². The van der Waals surface area contributed by atoms with Gasteiger partial charge >= 0.3 is 0 Å². The molecule has 0 bridgehead atoms. The fourth-order valence-corrected chi connectivity index (χ4v) is 6.09. The molecule has 0 saturated heterocycles. The summed E-state index contributed by atoms with van der Waals surface area (Å²) in [6.07, 6.45) is 0. The fraction of sp³-hybridized carbons (Fsp3) is 1.00. The molecule has 0 amide bonds. The van der Waals surface area contributed by atoms with Crippen molar-refractivity contribution in [3.05, 3.63) is 0 Å².